The highest BCUT2D eigenvalue weighted by Gasteiger charge is 2.20. The number of aromatic nitrogens is 1. The molecule has 1 fully saturated rings. The first-order valence-corrected chi connectivity index (χ1v) is 11.0. The summed E-state index contributed by atoms with van der Waals surface area (Å²) in [4.78, 5) is 19.1. The Balaban J connectivity index is 1.75. The largest absolute Gasteiger partial charge is 0.378 e. The molecule has 8 nitrogen and oxygen atoms in total. The minimum absolute atomic E-state index is 0.0264. The first kappa shape index (κ1) is 21.5. The molecule has 0 atom stereocenters. The average Bonchev–Trinajstić information content (AvgIpc) is 2.68. The number of sulfonamides is 1. The normalized spacial score (nSPS) is 14.8. The Labute approximate surface area is 175 Å². The van der Waals surface area contributed by atoms with Gasteiger partial charge in [0, 0.05) is 19.1 Å². The van der Waals surface area contributed by atoms with Crippen molar-refractivity contribution in [3.63, 3.8) is 0 Å². The highest BCUT2D eigenvalue weighted by molar-refractivity contribution is 7.89. The number of carbonyl (C=O) groups is 1. The van der Waals surface area contributed by atoms with E-state index in [9.17, 15) is 13.2 Å². The molecule has 10 heteroatoms. The van der Waals surface area contributed by atoms with E-state index >= 15 is 0 Å². The van der Waals surface area contributed by atoms with Crippen molar-refractivity contribution in [2.24, 2.45) is 0 Å². The zero-order valence-electron chi connectivity index (χ0n) is 16.2. The molecule has 0 radical (unpaired) electrons. The number of morpholine rings is 1. The number of ether oxygens (including phenoxy) is 1. The summed E-state index contributed by atoms with van der Waals surface area (Å²) in [7, 11) is -3.74. The molecule has 156 valence electrons. The smallest absolute Gasteiger partial charge is 0.257 e. The molecule has 2 N–H and O–H groups in total. The number of halogens is 1. The van der Waals surface area contributed by atoms with Crippen LogP contribution in [0.2, 0.25) is 5.02 Å². The van der Waals surface area contributed by atoms with Crippen LogP contribution in [0.15, 0.2) is 41.4 Å². The van der Waals surface area contributed by atoms with Gasteiger partial charge in [-0.2, -0.15) is 0 Å². The van der Waals surface area contributed by atoms with Crippen LogP contribution in [0.25, 0.3) is 0 Å². The number of hydrogen-bond acceptors (Lipinski definition) is 6. The molecule has 0 bridgehead atoms. The third-order valence-electron chi connectivity index (χ3n) is 4.22. The second-order valence-corrected chi connectivity index (χ2v) is 9.00. The summed E-state index contributed by atoms with van der Waals surface area (Å²) < 4.78 is 32.5. The van der Waals surface area contributed by atoms with Crippen molar-refractivity contribution in [3.05, 3.63) is 47.1 Å². The van der Waals surface area contributed by atoms with E-state index in [2.05, 4.69) is 19.9 Å². The van der Waals surface area contributed by atoms with Gasteiger partial charge >= 0.3 is 0 Å². The fourth-order valence-electron chi connectivity index (χ4n) is 2.86. The first-order valence-electron chi connectivity index (χ1n) is 9.18. The minimum Gasteiger partial charge on any atom is -0.378 e. The van der Waals surface area contributed by atoms with Gasteiger partial charge in [-0.1, -0.05) is 11.6 Å². The first-order chi connectivity index (χ1) is 13.8. The second kappa shape index (κ2) is 9.08. The van der Waals surface area contributed by atoms with Crippen LogP contribution in [-0.4, -0.2) is 51.7 Å². The summed E-state index contributed by atoms with van der Waals surface area (Å²) in [5, 5.41) is 2.86. The highest BCUT2D eigenvalue weighted by Crippen LogP contribution is 2.23. The number of anilines is 2. The topological polar surface area (TPSA) is 101 Å². The van der Waals surface area contributed by atoms with Gasteiger partial charge in [0.2, 0.25) is 10.0 Å². The molecule has 1 aromatic heterocycles. The maximum Gasteiger partial charge on any atom is 0.257 e. The molecule has 1 amide bonds. The maximum absolute atomic E-state index is 12.7. The molecule has 0 unspecified atom stereocenters. The summed E-state index contributed by atoms with van der Waals surface area (Å²) >= 11 is 6.13. The lowest BCUT2D eigenvalue weighted by Gasteiger charge is -2.27. The standard InChI is InChI=1S/C19H23ClN4O4S/c1-13(2)23-29(26,27)15-4-5-17(20)16(11-15)19(25)22-14-3-6-18(21-12-14)24-7-9-28-10-8-24/h3-6,11-13,23H,7-10H2,1-2H3,(H,22,25). The molecule has 2 aromatic rings. The Hall–Kier alpha value is -2.20. The van der Waals surface area contributed by atoms with Crippen LogP contribution in [0.3, 0.4) is 0 Å². The minimum atomic E-state index is -3.74. The zero-order chi connectivity index (χ0) is 21.0. The molecular weight excluding hydrogens is 416 g/mol. The van der Waals surface area contributed by atoms with Gasteiger partial charge in [0.1, 0.15) is 5.82 Å². The van der Waals surface area contributed by atoms with Crippen molar-refractivity contribution in [2.45, 2.75) is 24.8 Å². The molecule has 3 rings (SSSR count). The Morgan fingerprint density at radius 1 is 1.21 bits per heavy atom. The van der Waals surface area contributed by atoms with E-state index in [1.165, 1.54) is 18.2 Å². The lowest BCUT2D eigenvalue weighted by molar-refractivity contribution is 0.102. The fraction of sp³-hybridized carbons (Fsp3) is 0.368. The quantitative estimate of drug-likeness (QED) is 0.718. The van der Waals surface area contributed by atoms with Crippen LogP contribution in [0.4, 0.5) is 11.5 Å². The fourth-order valence-corrected chi connectivity index (χ4v) is 4.34. The third-order valence-corrected chi connectivity index (χ3v) is 6.21. The summed E-state index contributed by atoms with van der Waals surface area (Å²) in [6, 6.07) is 7.30. The number of pyridine rings is 1. The van der Waals surface area contributed by atoms with Crippen LogP contribution in [0.5, 0.6) is 0 Å². The maximum atomic E-state index is 12.7. The van der Waals surface area contributed by atoms with E-state index < -0.39 is 15.9 Å². The SMILES string of the molecule is CC(C)NS(=O)(=O)c1ccc(Cl)c(C(=O)Nc2ccc(N3CCOCC3)nc2)c1. The number of nitrogens with zero attached hydrogens (tertiary/aromatic N) is 2. The average molecular weight is 439 g/mol. The third kappa shape index (κ3) is 5.45. The molecule has 2 heterocycles. The van der Waals surface area contributed by atoms with Gasteiger partial charge in [-0.05, 0) is 44.2 Å². The van der Waals surface area contributed by atoms with E-state index in [4.69, 9.17) is 16.3 Å². The van der Waals surface area contributed by atoms with E-state index in [-0.39, 0.29) is 21.5 Å². The van der Waals surface area contributed by atoms with Gasteiger partial charge in [0.25, 0.3) is 5.91 Å². The van der Waals surface area contributed by atoms with Crippen molar-refractivity contribution >= 4 is 39.0 Å². The molecule has 1 aliphatic rings. The molecule has 0 aliphatic carbocycles. The predicted molar refractivity (Wildman–Crippen MR) is 112 cm³/mol. The van der Waals surface area contributed by atoms with Crippen molar-refractivity contribution in [1.82, 2.24) is 9.71 Å². The molecule has 1 aromatic carbocycles. The van der Waals surface area contributed by atoms with Crippen LogP contribution >= 0.6 is 11.6 Å². The van der Waals surface area contributed by atoms with Crippen molar-refractivity contribution in [1.29, 1.82) is 0 Å². The Bertz CT molecular complexity index is 974. The van der Waals surface area contributed by atoms with Gasteiger partial charge in [-0.3, -0.25) is 4.79 Å². The van der Waals surface area contributed by atoms with Gasteiger partial charge in [-0.25, -0.2) is 18.1 Å². The highest BCUT2D eigenvalue weighted by atomic mass is 35.5. The van der Waals surface area contributed by atoms with E-state index in [1.807, 2.05) is 6.07 Å². The molecule has 29 heavy (non-hydrogen) atoms. The van der Waals surface area contributed by atoms with E-state index in [1.54, 1.807) is 26.1 Å². The number of amides is 1. The second-order valence-electron chi connectivity index (χ2n) is 6.88. The van der Waals surface area contributed by atoms with E-state index in [0.717, 1.165) is 18.9 Å². The zero-order valence-corrected chi connectivity index (χ0v) is 17.8. The molecule has 1 saturated heterocycles. The van der Waals surface area contributed by atoms with Crippen LogP contribution in [-0.2, 0) is 14.8 Å². The Kier molecular flexibility index (Phi) is 6.74. The Morgan fingerprint density at radius 3 is 2.55 bits per heavy atom. The van der Waals surface area contributed by atoms with Crippen molar-refractivity contribution < 1.29 is 17.9 Å². The number of benzene rings is 1. The van der Waals surface area contributed by atoms with Gasteiger partial charge in [0.15, 0.2) is 0 Å². The molecule has 0 saturated carbocycles. The summed E-state index contributed by atoms with van der Waals surface area (Å²) in [5.74, 6) is 0.287. The number of nitrogens with one attached hydrogen (secondary N) is 2. The van der Waals surface area contributed by atoms with Crippen LogP contribution in [0, 0.1) is 0 Å². The van der Waals surface area contributed by atoms with Crippen LogP contribution in [0.1, 0.15) is 24.2 Å². The molecular formula is C19H23ClN4O4S. The Morgan fingerprint density at radius 2 is 1.93 bits per heavy atom. The predicted octanol–water partition coefficient (Wildman–Crippen LogP) is 2.51. The van der Waals surface area contributed by atoms with Crippen molar-refractivity contribution in [3.8, 4) is 0 Å². The van der Waals surface area contributed by atoms with E-state index in [0.29, 0.717) is 18.9 Å². The summed E-state index contributed by atoms with van der Waals surface area (Å²) in [6.07, 6.45) is 1.55. The lowest BCUT2D eigenvalue weighted by atomic mass is 10.2. The molecule has 1 aliphatic heterocycles. The number of carbonyl (C=O) groups excluding carboxylic acids is 1. The van der Waals surface area contributed by atoms with Gasteiger partial charge in [-0.15, -0.1) is 0 Å². The molecule has 0 spiro atoms. The lowest BCUT2D eigenvalue weighted by Crippen LogP contribution is -2.36. The monoisotopic (exact) mass is 438 g/mol. The van der Waals surface area contributed by atoms with Gasteiger partial charge < -0.3 is 15.0 Å². The number of hydrogen-bond donors (Lipinski definition) is 2. The van der Waals surface area contributed by atoms with Gasteiger partial charge in [0.05, 0.1) is 40.6 Å². The number of rotatable bonds is 6. The summed E-state index contributed by atoms with van der Waals surface area (Å²) in [6.45, 7) is 6.27. The van der Waals surface area contributed by atoms with Crippen LogP contribution < -0.4 is 14.9 Å². The van der Waals surface area contributed by atoms with Crippen molar-refractivity contribution in [2.75, 3.05) is 36.5 Å². The summed E-state index contributed by atoms with van der Waals surface area (Å²) in [5.41, 5.74) is 0.548.